The molecular weight excluding hydrogens is 737 g/mol. The third-order valence-corrected chi connectivity index (χ3v) is 11.6. The van der Waals surface area contributed by atoms with E-state index in [9.17, 15) is 26.4 Å². The first kappa shape index (κ1) is 45.4. The van der Waals surface area contributed by atoms with Gasteiger partial charge in [0.15, 0.2) is 0 Å². The molecule has 0 unspecified atom stereocenters. The highest BCUT2D eigenvalue weighted by atomic mass is 32.2. The smallest absolute Gasteiger partial charge is 0.241 e. The van der Waals surface area contributed by atoms with Crippen molar-refractivity contribution in [1.29, 1.82) is 0 Å². The highest BCUT2D eigenvalue weighted by Crippen LogP contribution is 2.17. The van der Waals surface area contributed by atoms with Crippen LogP contribution in [-0.2, 0) is 48.6 Å². The molecule has 0 aromatic heterocycles. The Hall–Kier alpha value is -2.96. The molecule has 1 aliphatic heterocycles. The first-order valence-corrected chi connectivity index (χ1v) is 21.6. The number of hydrogen-bond donors (Lipinski definition) is 2. The van der Waals surface area contributed by atoms with E-state index in [-0.39, 0.29) is 112 Å². The Labute approximate surface area is 322 Å². The summed E-state index contributed by atoms with van der Waals surface area (Å²) in [4.78, 5) is 31.0. The van der Waals surface area contributed by atoms with E-state index in [1.807, 2.05) is 41.5 Å². The zero-order valence-electron chi connectivity index (χ0n) is 32.6. The summed E-state index contributed by atoms with van der Waals surface area (Å²) in [6, 6.07) is 11.0. The van der Waals surface area contributed by atoms with Gasteiger partial charge in [0.2, 0.25) is 31.9 Å². The van der Waals surface area contributed by atoms with E-state index in [0.717, 1.165) is 11.1 Å². The van der Waals surface area contributed by atoms with Gasteiger partial charge < -0.3 is 28.7 Å². The number of nitrogens with one attached hydrogen (secondary N) is 2. The monoisotopic (exact) mass is 796 g/mol. The van der Waals surface area contributed by atoms with E-state index >= 15 is 0 Å². The summed E-state index contributed by atoms with van der Waals surface area (Å²) in [6.07, 6.45) is 0.611. The van der Waals surface area contributed by atoms with Crippen molar-refractivity contribution in [3.05, 3.63) is 59.7 Å². The number of hydrogen-bond acceptors (Lipinski definition) is 10. The lowest BCUT2D eigenvalue weighted by molar-refractivity contribution is -0.136. The van der Waals surface area contributed by atoms with Crippen LogP contribution in [0.2, 0.25) is 0 Å². The van der Waals surface area contributed by atoms with Crippen LogP contribution in [0.4, 0.5) is 0 Å². The van der Waals surface area contributed by atoms with Crippen LogP contribution in [-0.4, -0.2) is 130 Å². The summed E-state index contributed by atoms with van der Waals surface area (Å²) in [5.41, 5.74) is 1.85. The molecule has 304 valence electrons. The van der Waals surface area contributed by atoms with E-state index in [2.05, 4.69) is 9.44 Å². The summed E-state index contributed by atoms with van der Waals surface area (Å²) in [5.74, 6) is -0.653. The molecule has 2 N–H and O–H groups in total. The molecule has 14 nitrogen and oxygen atoms in total. The average Bonchev–Trinajstić information content (AvgIpc) is 3.10. The lowest BCUT2D eigenvalue weighted by Crippen LogP contribution is -2.51. The van der Waals surface area contributed by atoms with Crippen molar-refractivity contribution < 1.29 is 45.4 Å². The molecule has 1 saturated heterocycles. The second kappa shape index (κ2) is 22.6. The minimum absolute atomic E-state index is 0.0390. The Kier molecular flexibility index (Phi) is 19.0. The molecule has 0 aliphatic carbocycles. The van der Waals surface area contributed by atoms with Crippen LogP contribution in [0.1, 0.15) is 51.7 Å². The predicted molar refractivity (Wildman–Crippen MR) is 206 cm³/mol. The predicted octanol–water partition coefficient (Wildman–Crippen LogP) is 3.13. The summed E-state index contributed by atoms with van der Waals surface area (Å²) in [5, 5.41) is 0. The standard InChI is InChI=1S/C38H60N4O10S2/c1-29(2)27-35(39-53(45,46)33-11-7-31(5)8-12-33)37(43)41-15-19-49-23-25-51-21-17-42(18-22-52-26-24-50-20-16-41)38(44)36(28-30(3)4)40-54(47,48)34-13-9-32(6)10-14-34/h7-14,29-30,35-36,39-40H,15-28H2,1-6H3/t35-,36-/m1/s1. The van der Waals surface area contributed by atoms with Crippen molar-refractivity contribution >= 4 is 31.9 Å². The van der Waals surface area contributed by atoms with Crippen LogP contribution in [0.5, 0.6) is 0 Å². The number of ether oxygens (including phenoxy) is 4. The second-order valence-corrected chi connectivity index (χ2v) is 17.8. The SMILES string of the molecule is Cc1ccc(S(=O)(=O)N[C@H](CC(C)C)C(=O)N2CCOCCOCCN(C(=O)[C@@H](CC(C)C)NS(=O)(=O)c3ccc(C)cc3)CCOCCOCC2)cc1. The number of benzene rings is 2. The van der Waals surface area contributed by atoms with Crippen molar-refractivity contribution in [3.8, 4) is 0 Å². The maximum Gasteiger partial charge on any atom is 0.241 e. The van der Waals surface area contributed by atoms with Gasteiger partial charge in [-0.1, -0.05) is 63.1 Å². The Bertz CT molecular complexity index is 1510. The molecule has 2 amide bonds. The highest BCUT2D eigenvalue weighted by Gasteiger charge is 2.31. The van der Waals surface area contributed by atoms with Crippen molar-refractivity contribution in [2.45, 2.75) is 76.3 Å². The van der Waals surface area contributed by atoms with Crippen LogP contribution in [0, 0.1) is 25.7 Å². The molecule has 0 radical (unpaired) electrons. The molecule has 54 heavy (non-hydrogen) atoms. The summed E-state index contributed by atoms with van der Waals surface area (Å²) < 4.78 is 81.4. The van der Waals surface area contributed by atoms with Gasteiger partial charge >= 0.3 is 0 Å². The third kappa shape index (κ3) is 15.6. The fourth-order valence-electron chi connectivity index (χ4n) is 5.74. The van der Waals surface area contributed by atoms with Crippen molar-refractivity contribution in [1.82, 2.24) is 19.2 Å². The molecule has 0 spiro atoms. The van der Waals surface area contributed by atoms with Gasteiger partial charge in [0, 0.05) is 26.2 Å². The molecule has 1 aliphatic rings. The van der Waals surface area contributed by atoms with Gasteiger partial charge in [-0.05, 0) is 62.8 Å². The summed E-state index contributed by atoms with van der Waals surface area (Å²) in [6.45, 7) is 13.9. The van der Waals surface area contributed by atoms with Crippen molar-refractivity contribution in [2.24, 2.45) is 11.8 Å². The zero-order valence-corrected chi connectivity index (χ0v) is 34.3. The minimum Gasteiger partial charge on any atom is -0.377 e. The number of aryl methyl sites for hydroxylation is 2. The molecule has 16 heteroatoms. The number of rotatable bonds is 12. The molecule has 1 fully saturated rings. The first-order chi connectivity index (χ1) is 25.6. The maximum absolute atomic E-state index is 13.8. The lowest BCUT2D eigenvalue weighted by Gasteiger charge is -2.29. The summed E-state index contributed by atoms with van der Waals surface area (Å²) in [7, 11) is -7.91. The number of nitrogens with zero attached hydrogens (tertiary/aromatic N) is 2. The Morgan fingerprint density at radius 2 is 0.815 bits per heavy atom. The number of carbonyl (C=O) groups is 2. The highest BCUT2D eigenvalue weighted by molar-refractivity contribution is 7.89. The van der Waals surface area contributed by atoms with Crippen LogP contribution in [0.15, 0.2) is 58.3 Å². The van der Waals surface area contributed by atoms with Gasteiger partial charge in [0.25, 0.3) is 0 Å². The topological polar surface area (TPSA) is 170 Å². The first-order valence-electron chi connectivity index (χ1n) is 18.7. The number of sulfonamides is 2. The number of carbonyl (C=O) groups excluding carboxylic acids is 2. The quantitative estimate of drug-likeness (QED) is 0.326. The maximum atomic E-state index is 13.8. The Morgan fingerprint density at radius 3 is 1.07 bits per heavy atom. The van der Waals surface area contributed by atoms with Gasteiger partial charge in [0.1, 0.15) is 12.1 Å². The molecule has 0 bridgehead atoms. The molecule has 2 aromatic carbocycles. The van der Waals surface area contributed by atoms with Gasteiger partial charge in [-0.2, -0.15) is 9.44 Å². The normalized spacial score (nSPS) is 17.9. The minimum atomic E-state index is -3.96. The van der Waals surface area contributed by atoms with Gasteiger partial charge in [-0.25, -0.2) is 16.8 Å². The largest absolute Gasteiger partial charge is 0.377 e. The molecule has 3 rings (SSSR count). The van der Waals surface area contributed by atoms with Crippen LogP contribution < -0.4 is 9.44 Å². The van der Waals surface area contributed by atoms with Crippen LogP contribution in [0.25, 0.3) is 0 Å². The average molecular weight is 797 g/mol. The number of amides is 2. The van der Waals surface area contributed by atoms with Crippen LogP contribution >= 0.6 is 0 Å². The van der Waals surface area contributed by atoms with E-state index in [4.69, 9.17) is 18.9 Å². The van der Waals surface area contributed by atoms with Crippen LogP contribution in [0.3, 0.4) is 0 Å². The third-order valence-electron chi connectivity index (χ3n) is 8.66. The molecule has 0 saturated carbocycles. The van der Waals surface area contributed by atoms with Crippen molar-refractivity contribution in [2.75, 3.05) is 79.0 Å². The lowest BCUT2D eigenvalue weighted by atomic mass is 10.0. The van der Waals surface area contributed by atoms with E-state index in [0.29, 0.717) is 12.8 Å². The molecule has 1 heterocycles. The van der Waals surface area contributed by atoms with Gasteiger partial charge in [0.05, 0.1) is 62.6 Å². The molecule has 2 aromatic rings. The fourth-order valence-corrected chi connectivity index (χ4v) is 8.14. The van der Waals surface area contributed by atoms with Gasteiger partial charge in [-0.15, -0.1) is 0 Å². The fraction of sp³-hybridized carbons (Fsp3) is 0.632. The van der Waals surface area contributed by atoms with E-state index in [1.165, 1.54) is 24.3 Å². The zero-order chi connectivity index (χ0) is 39.7. The molecular formula is C38H60N4O10S2. The Balaban J connectivity index is 1.63. The molecule has 2 atom stereocenters. The Morgan fingerprint density at radius 1 is 0.537 bits per heavy atom. The summed E-state index contributed by atoms with van der Waals surface area (Å²) >= 11 is 0. The van der Waals surface area contributed by atoms with E-state index in [1.54, 1.807) is 34.1 Å². The second-order valence-electron chi connectivity index (χ2n) is 14.3. The van der Waals surface area contributed by atoms with Crippen molar-refractivity contribution in [3.63, 3.8) is 0 Å². The van der Waals surface area contributed by atoms with E-state index < -0.39 is 32.1 Å². The van der Waals surface area contributed by atoms with Gasteiger partial charge in [-0.3, -0.25) is 9.59 Å².